The number of nitrogens with one attached hydrogen (secondary N) is 1. The van der Waals surface area contributed by atoms with Crippen LogP contribution in [0.3, 0.4) is 0 Å². The Labute approximate surface area is 94.0 Å². The molecule has 16 heavy (non-hydrogen) atoms. The molecule has 0 radical (unpaired) electrons. The maximum atomic E-state index is 10.7. The van der Waals surface area contributed by atoms with E-state index in [1.165, 1.54) is 11.6 Å². The van der Waals surface area contributed by atoms with Gasteiger partial charge < -0.3 is 10.7 Å². The number of amides is 1. The lowest BCUT2D eigenvalue weighted by atomic mass is 10.1. The third-order valence-electron chi connectivity index (χ3n) is 2.61. The fraction of sp³-hybridized carbons (Fsp3) is 0.154. The normalized spacial score (nSPS) is 11.4. The van der Waals surface area contributed by atoms with E-state index in [0.29, 0.717) is 0 Å². The fourth-order valence-corrected chi connectivity index (χ4v) is 1.84. The summed E-state index contributed by atoms with van der Waals surface area (Å²) in [4.78, 5) is 14.0. The summed E-state index contributed by atoms with van der Waals surface area (Å²) >= 11 is 0. The van der Waals surface area contributed by atoms with E-state index in [9.17, 15) is 4.79 Å². The quantitative estimate of drug-likeness (QED) is 0.740. The third-order valence-corrected chi connectivity index (χ3v) is 2.61. The number of nitrogens with two attached hydrogens (primary N) is 1. The van der Waals surface area contributed by atoms with Crippen molar-refractivity contribution < 1.29 is 4.79 Å². The minimum Gasteiger partial charge on any atom is -0.366 e. The van der Waals surface area contributed by atoms with E-state index in [1.54, 1.807) is 6.08 Å². The molecule has 2 rings (SSSR count). The highest BCUT2D eigenvalue weighted by Gasteiger charge is 2.05. The maximum absolute atomic E-state index is 10.7. The van der Waals surface area contributed by atoms with Crippen molar-refractivity contribution in [2.75, 3.05) is 0 Å². The molecule has 0 saturated carbocycles. The molecular weight excluding hydrogens is 200 g/mol. The highest BCUT2D eigenvalue weighted by molar-refractivity contribution is 5.96. The van der Waals surface area contributed by atoms with Gasteiger partial charge in [0.25, 0.3) is 0 Å². The molecule has 0 bridgehead atoms. The van der Waals surface area contributed by atoms with Gasteiger partial charge in [-0.25, -0.2) is 0 Å². The molecule has 82 valence electrons. The molecule has 1 heterocycles. The van der Waals surface area contributed by atoms with E-state index in [-0.39, 0.29) is 0 Å². The average molecular weight is 214 g/mol. The summed E-state index contributed by atoms with van der Waals surface area (Å²) in [6.07, 6.45) is 3.15. The Balaban J connectivity index is 2.62. The van der Waals surface area contributed by atoms with Crippen LogP contribution in [-0.4, -0.2) is 10.9 Å². The zero-order chi connectivity index (χ0) is 11.7. The number of hydrogen-bond donors (Lipinski definition) is 2. The summed E-state index contributed by atoms with van der Waals surface area (Å²) in [7, 11) is 0. The van der Waals surface area contributed by atoms with Gasteiger partial charge in [0, 0.05) is 28.2 Å². The summed E-state index contributed by atoms with van der Waals surface area (Å²) in [5, 5.41) is 1.12. The van der Waals surface area contributed by atoms with Crippen molar-refractivity contribution in [2.45, 2.75) is 13.8 Å². The molecule has 3 heteroatoms. The van der Waals surface area contributed by atoms with Crippen LogP contribution < -0.4 is 5.73 Å². The first-order valence-electron chi connectivity index (χ1n) is 5.14. The second-order valence-electron chi connectivity index (χ2n) is 3.95. The van der Waals surface area contributed by atoms with Gasteiger partial charge in [-0.1, -0.05) is 11.6 Å². The van der Waals surface area contributed by atoms with Crippen LogP contribution in [0.4, 0.5) is 0 Å². The Morgan fingerprint density at radius 2 is 2.12 bits per heavy atom. The van der Waals surface area contributed by atoms with Crippen molar-refractivity contribution in [3.05, 3.63) is 41.1 Å². The Bertz CT molecular complexity index is 579. The predicted octanol–water partition coefficient (Wildman–Crippen LogP) is 2.28. The summed E-state index contributed by atoms with van der Waals surface area (Å²) in [6, 6.07) is 6.19. The number of benzene rings is 1. The van der Waals surface area contributed by atoms with Crippen molar-refractivity contribution in [1.82, 2.24) is 4.98 Å². The topological polar surface area (TPSA) is 58.9 Å². The van der Waals surface area contributed by atoms with Crippen molar-refractivity contribution in [3.8, 4) is 0 Å². The predicted molar refractivity (Wildman–Crippen MR) is 66.0 cm³/mol. The first-order chi connectivity index (χ1) is 7.58. The third kappa shape index (κ3) is 1.84. The first-order valence-corrected chi connectivity index (χ1v) is 5.14. The Kier molecular flexibility index (Phi) is 2.52. The van der Waals surface area contributed by atoms with Crippen molar-refractivity contribution >= 4 is 22.9 Å². The van der Waals surface area contributed by atoms with Crippen LogP contribution in [0.5, 0.6) is 0 Å². The van der Waals surface area contributed by atoms with Gasteiger partial charge in [-0.05, 0) is 32.1 Å². The number of aromatic amines is 1. The fourth-order valence-electron chi connectivity index (χ4n) is 1.84. The van der Waals surface area contributed by atoms with E-state index in [0.717, 1.165) is 22.2 Å². The molecule has 0 aliphatic carbocycles. The molecule has 1 aromatic carbocycles. The molecule has 1 aromatic heterocycles. The van der Waals surface area contributed by atoms with E-state index in [1.807, 2.05) is 19.9 Å². The molecule has 0 unspecified atom stereocenters. The number of primary amides is 1. The molecule has 0 aliphatic heterocycles. The van der Waals surface area contributed by atoms with Gasteiger partial charge in [0.1, 0.15) is 0 Å². The van der Waals surface area contributed by atoms with Gasteiger partial charge in [-0.15, -0.1) is 0 Å². The zero-order valence-corrected chi connectivity index (χ0v) is 9.37. The molecule has 0 atom stereocenters. The number of rotatable bonds is 2. The molecule has 0 fully saturated rings. The minimum absolute atomic E-state index is 0.429. The number of fused-ring (bicyclic) bond motifs is 1. The summed E-state index contributed by atoms with van der Waals surface area (Å²) in [5.74, 6) is -0.429. The molecular formula is C13H14N2O. The van der Waals surface area contributed by atoms with E-state index in [4.69, 9.17) is 5.73 Å². The first kappa shape index (κ1) is 10.5. The van der Waals surface area contributed by atoms with Crippen LogP contribution in [0.25, 0.3) is 17.0 Å². The zero-order valence-electron chi connectivity index (χ0n) is 9.37. The summed E-state index contributed by atoms with van der Waals surface area (Å²) in [6.45, 7) is 4.03. The summed E-state index contributed by atoms with van der Waals surface area (Å²) in [5.41, 5.74) is 9.43. The Morgan fingerprint density at radius 3 is 2.81 bits per heavy atom. The number of H-pyrrole nitrogens is 1. The number of hydrogen-bond acceptors (Lipinski definition) is 1. The monoisotopic (exact) mass is 214 g/mol. The maximum Gasteiger partial charge on any atom is 0.241 e. The number of carbonyl (C=O) groups is 1. The lowest BCUT2D eigenvalue weighted by Gasteiger charge is -1.95. The average Bonchev–Trinajstić information content (AvgIpc) is 2.51. The number of aryl methyl sites for hydroxylation is 2. The largest absolute Gasteiger partial charge is 0.366 e. The van der Waals surface area contributed by atoms with E-state index < -0.39 is 5.91 Å². The number of aromatic nitrogens is 1. The minimum atomic E-state index is -0.429. The molecule has 2 aromatic rings. The molecule has 0 spiro atoms. The van der Waals surface area contributed by atoms with Crippen LogP contribution in [0.2, 0.25) is 0 Å². The molecule has 0 aliphatic rings. The van der Waals surface area contributed by atoms with Gasteiger partial charge in [-0.3, -0.25) is 4.79 Å². The van der Waals surface area contributed by atoms with Gasteiger partial charge in [0.2, 0.25) is 5.91 Å². The van der Waals surface area contributed by atoms with E-state index >= 15 is 0 Å². The lowest BCUT2D eigenvalue weighted by molar-refractivity contribution is -0.113. The van der Waals surface area contributed by atoms with Gasteiger partial charge in [0.05, 0.1) is 0 Å². The van der Waals surface area contributed by atoms with Crippen molar-refractivity contribution in [3.63, 3.8) is 0 Å². The van der Waals surface area contributed by atoms with Crippen molar-refractivity contribution in [1.29, 1.82) is 0 Å². The van der Waals surface area contributed by atoms with Crippen LogP contribution >= 0.6 is 0 Å². The second-order valence-corrected chi connectivity index (χ2v) is 3.95. The SMILES string of the molecule is Cc1ccc2[nH]c(C)c(/C=C/C(N)=O)c2c1. The number of carbonyl (C=O) groups excluding carboxylic acids is 1. The van der Waals surface area contributed by atoms with Crippen LogP contribution in [0.15, 0.2) is 24.3 Å². The highest BCUT2D eigenvalue weighted by atomic mass is 16.1. The van der Waals surface area contributed by atoms with Crippen LogP contribution in [0.1, 0.15) is 16.8 Å². The molecule has 0 saturated heterocycles. The Hall–Kier alpha value is -2.03. The van der Waals surface area contributed by atoms with Crippen molar-refractivity contribution in [2.24, 2.45) is 5.73 Å². The van der Waals surface area contributed by atoms with Crippen LogP contribution in [-0.2, 0) is 4.79 Å². The van der Waals surface area contributed by atoms with Gasteiger partial charge in [0.15, 0.2) is 0 Å². The molecule has 3 N–H and O–H groups in total. The Morgan fingerprint density at radius 1 is 1.38 bits per heavy atom. The smallest absolute Gasteiger partial charge is 0.241 e. The lowest BCUT2D eigenvalue weighted by Crippen LogP contribution is -2.05. The van der Waals surface area contributed by atoms with Crippen LogP contribution in [0, 0.1) is 13.8 Å². The van der Waals surface area contributed by atoms with E-state index in [2.05, 4.69) is 17.1 Å². The summed E-state index contributed by atoms with van der Waals surface area (Å²) < 4.78 is 0. The van der Waals surface area contributed by atoms with Gasteiger partial charge >= 0.3 is 0 Å². The standard InChI is InChI=1S/C13H14N2O/c1-8-3-5-12-11(7-8)10(9(2)15-12)4-6-13(14)16/h3-7,15H,1-2H3,(H2,14,16)/b6-4+. The molecule has 3 nitrogen and oxygen atoms in total. The molecule has 1 amide bonds. The van der Waals surface area contributed by atoms with Gasteiger partial charge in [-0.2, -0.15) is 0 Å². The highest BCUT2D eigenvalue weighted by Crippen LogP contribution is 2.24. The second kappa shape index (κ2) is 3.85.